The summed E-state index contributed by atoms with van der Waals surface area (Å²) in [5, 5.41) is 0.671. The number of benzene rings is 8. The molecule has 2 heterocycles. The summed E-state index contributed by atoms with van der Waals surface area (Å²) in [6.45, 7) is 49.7. The van der Waals surface area contributed by atoms with Crippen LogP contribution >= 0.6 is 23.2 Å². The summed E-state index contributed by atoms with van der Waals surface area (Å²) in [5.41, 5.74) is 9.84. The summed E-state index contributed by atoms with van der Waals surface area (Å²) in [6.07, 6.45) is 0.323. The number of nitrogens with zero attached hydrogens (tertiary/aromatic N) is 3. The van der Waals surface area contributed by atoms with Crippen molar-refractivity contribution in [3.8, 4) is 0 Å². The van der Waals surface area contributed by atoms with Crippen LogP contribution in [0.4, 0.5) is 75.9 Å². The highest BCUT2D eigenvalue weighted by Crippen LogP contribution is 2.29. The Balaban J connectivity index is 0.000000628. The molecule has 0 unspecified atom stereocenters. The van der Waals surface area contributed by atoms with Gasteiger partial charge < -0.3 is 0 Å². The van der Waals surface area contributed by atoms with Crippen molar-refractivity contribution in [3.63, 3.8) is 0 Å². The van der Waals surface area contributed by atoms with E-state index < -0.39 is 76.2 Å². The standard InChI is InChI=1S/C10H11F3.C10H12F2.C10H10FN.C10H13F.2C9H10ClF.C9H9F3.C9H10F2.2C8H10FN/c1-6(2)7-3-4-9(11)8(5-7)10(12)13;1-6(2)8-4-7(3)10(12)9(11)5-8;1-7(2)8-4-5-9(11)10(6-8)12-3;1-7(2)9-4-5-10(11)8(3)6-9;1-6(2)7-3-8(10)5-9(11)4-7;1-6(2)7-3-4-9(11)8(10)5-7;1-5(2)6-3-7(10)9(12)8(11)4-6;1-6(2)7-3-4-8(10)9(11)5-7;1-6(2)7-3-4-10-8(9)5-7;1-6(2)7-3-4-8(9)10-5-7/h3-6,10H,1-2H3;4-6H,1-3H3;4-7H,1-2H3;4-7H,1-3H3;2*3-6H,1-2H3;3-5H,1-2H3;3-6H,1-2H3;2*3-6H,1-2H3. The third kappa shape index (κ3) is 38.1. The van der Waals surface area contributed by atoms with Gasteiger partial charge in [-0.25, -0.2) is 76.3 Å². The Morgan fingerprint density at radius 3 is 1.04 bits per heavy atom. The summed E-state index contributed by atoms with van der Waals surface area (Å²) in [5.74, 6) is -6.56. The lowest BCUT2D eigenvalue weighted by Crippen LogP contribution is -1.95. The average Bonchev–Trinajstić information content (AvgIpc) is 0.909. The Hall–Kier alpha value is -8.99. The molecule has 0 bridgehead atoms. The normalized spacial score (nSPS) is 10.6. The number of hydrogen-bond acceptors (Lipinski definition) is 2. The van der Waals surface area contributed by atoms with E-state index in [1.807, 2.05) is 115 Å². The van der Waals surface area contributed by atoms with E-state index in [1.165, 1.54) is 78.5 Å². The van der Waals surface area contributed by atoms with E-state index in [4.69, 9.17) is 29.8 Å². The Bertz CT molecular complexity index is 4290. The number of alkyl halides is 2. The largest absolute Gasteiger partial charge is 0.266 e. The van der Waals surface area contributed by atoms with Crippen molar-refractivity contribution in [2.24, 2.45) is 0 Å². The molecule has 0 aliphatic carbocycles. The molecule has 0 fully saturated rings. The molecule has 10 rings (SSSR count). The highest BCUT2D eigenvalue weighted by atomic mass is 35.5. The highest BCUT2D eigenvalue weighted by Gasteiger charge is 2.16. The topological polar surface area (TPSA) is 30.1 Å². The monoisotopic (exact) mass is 1630 g/mol. The number of aromatic nitrogens is 2. The molecule has 2 aromatic heterocycles. The van der Waals surface area contributed by atoms with Crippen LogP contribution in [0, 0.1) is 102 Å². The van der Waals surface area contributed by atoms with Crippen molar-refractivity contribution in [2.45, 2.75) is 218 Å². The van der Waals surface area contributed by atoms with E-state index in [-0.39, 0.29) is 51.8 Å². The fraction of sp³-hybridized carbons (Fsp3) is 0.359. The van der Waals surface area contributed by atoms with Crippen LogP contribution in [0.1, 0.15) is 276 Å². The third-order valence-corrected chi connectivity index (χ3v) is 17.2. The molecule has 0 radical (unpaired) electrons. The zero-order valence-electron chi connectivity index (χ0n) is 68.2. The van der Waals surface area contributed by atoms with Crippen molar-refractivity contribution in [1.82, 2.24) is 9.97 Å². The summed E-state index contributed by atoms with van der Waals surface area (Å²) in [7, 11) is 0. The van der Waals surface area contributed by atoms with E-state index in [1.54, 1.807) is 82.4 Å². The second kappa shape index (κ2) is 51.0. The van der Waals surface area contributed by atoms with Crippen LogP contribution in [0.15, 0.2) is 170 Å². The molecule has 113 heavy (non-hydrogen) atoms. The second-order valence-electron chi connectivity index (χ2n) is 29.3. The van der Waals surface area contributed by atoms with E-state index in [0.29, 0.717) is 51.7 Å². The van der Waals surface area contributed by atoms with Crippen molar-refractivity contribution in [2.75, 3.05) is 0 Å². The van der Waals surface area contributed by atoms with Crippen LogP contribution in [0.3, 0.4) is 0 Å². The fourth-order valence-electron chi connectivity index (χ4n) is 9.24. The summed E-state index contributed by atoms with van der Waals surface area (Å²) < 4.78 is 201. The van der Waals surface area contributed by atoms with E-state index in [9.17, 15) is 70.2 Å². The van der Waals surface area contributed by atoms with Crippen molar-refractivity contribution < 1.29 is 70.2 Å². The molecule has 614 valence electrons. The maximum absolute atomic E-state index is 12.8. The Morgan fingerprint density at radius 2 is 0.655 bits per heavy atom. The van der Waals surface area contributed by atoms with Crippen molar-refractivity contribution in [3.05, 3.63) is 346 Å². The minimum Gasteiger partial charge on any atom is -0.235 e. The van der Waals surface area contributed by atoms with Gasteiger partial charge in [0.05, 0.1) is 17.2 Å². The molecule has 0 aliphatic heterocycles. The van der Waals surface area contributed by atoms with Gasteiger partial charge in [0.2, 0.25) is 17.6 Å². The molecular formula is C92H105Cl2F16N3. The molecule has 0 aliphatic rings. The number of pyridine rings is 2. The average molecular weight is 1630 g/mol. The Labute approximate surface area is 669 Å². The first-order valence-electron chi connectivity index (χ1n) is 36.7. The molecule has 0 spiro atoms. The summed E-state index contributed by atoms with van der Waals surface area (Å²) >= 11 is 11.2. The molecule has 21 heteroatoms. The molecule has 0 N–H and O–H groups in total. The number of hydrogen-bond donors (Lipinski definition) is 0. The Morgan fingerprint density at radius 1 is 0.292 bits per heavy atom. The first-order chi connectivity index (χ1) is 52.5. The molecule has 0 saturated heterocycles. The lowest BCUT2D eigenvalue weighted by Gasteiger charge is -2.08. The molecule has 8 aromatic carbocycles. The number of halogens is 18. The zero-order chi connectivity index (χ0) is 86.6. The van der Waals surface area contributed by atoms with Gasteiger partial charge in [-0.15, -0.1) is 0 Å². The highest BCUT2D eigenvalue weighted by molar-refractivity contribution is 6.31. The van der Waals surface area contributed by atoms with Gasteiger partial charge in [-0.1, -0.05) is 222 Å². The van der Waals surface area contributed by atoms with Gasteiger partial charge in [0, 0.05) is 17.4 Å². The van der Waals surface area contributed by atoms with Crippen LogP contribution in [0.25, 0.3) is 4.85 Å². The van der Waals surface area contributed by atoms with Gasteiger partial charge in [-0.2, -0.15) is 8.78 Å². The van der Waals surface area contributed by atoms with E-state index in [2.05, 4.69) is 42.5 Å². The van der Waals surface area contributed by atoms with Crippen molar-refractivity contribution in [1.29, 1.82) is 0 Å². The number of aryl methyl sites for hydroxylation is 2. The van der Waals surface area contributed by atoms with Crippen LogP contribution in [-0.2, 0) is 0 Å². The summed E-state index contributed by atoms with van der Waals surface area (Å²) in [4.78, 5) is 10.1. The summed E-state index contributed by atoms with van der Waals surface area (Å²) in [6, 6.07) is 38.6. The molecule has 0 amide bonds. The smallest absolute Gasteiger partial charge is 0.235 e. The van der Waals surface area contributed by atoms with Gasteiger partial charge >= 0.3 is 0 Å². The Kier molecular flexibility index (Phi) is 46.0. The van der Waals surface area contributed by atoms with E-state index >= 15 is 0 Å². The number of rotatable bonds is 11. The van der Waals surface area contributed by atoms with Crippen LogP contribution in [0.5, 0.6) is 0 Å². The first-order valence-corrected chi connectivity index (χ1v) is 37.5. The van der Waals surface area contributed by atoms with Gasteiger partial charge in [-0.3, -0.25) is 0 Å². The predicted octanol–water partition coefficient (Wildman–Crippen LogP) is 32.2. The van der Waals surface area contributed by atoms with Crippen LogP contribution < -0.4 is 0 Å². The lowest BCUT2D eigenvalue weighted by molar-refractivity contribution is 0.146. The maximum atomic E-state index is 12.8. The quantitative estimate of drug-likeness (QED) is 0.0559. The molecule has 0 atom stereocenters. The third-order valence-electron chi connectivity index (χ3n) is 16.7. The van der Waals surface area contributed by atoms with Crippen LogP contribution in [-0.4, -0.2) is 9.97 Å². The molecule has 10 aromatic rings. The second-order valence-corrected chi connectivity index (χ2v) is 30.1. The fourth-order valence-corrected chi connectivity index (χ4v) is 9.66. The van der Waals surface area contributed by atoms with Gasteiger partial charge in [0.1, 0.15) is 29.1 Å². The molecular weight excluding hydrogens is 1520 g/mol. The van der Waals surface area contributed by atoms with Crippen LogP contribution in [0.2, 0.25) is 10.0 Å². The maximum Gasteiger partial charge on any atom is 0.266 e. The van der Waals surface area contributed by atoms with Gasteiger partial charge in [0.25, 0.3) is 6.43 Å². The van der Waals surface area contributed by atoms with Crippen molar-refractivity contribution >= 4 is 28.9 Å². The van der Waals surface area contributed by atoms with E-state index in [0.717, 1.165) is 74.3 Å². The van der Waals surface area contributed by atoms with Gasteiger partial charge in [-0.05, 0) is 237 Å². The van der Waals surface area contributed by atoms with Gasteiger partial charge in [0.15, 0.2) is 40.7 Å². The first kappa shape index (κ1) is 102. The minimum atomic E-state index is -2.74. The molecule has 0 saturated carbocycles. The minimum absolute atomic E-state index is 0.00500. The SMILES string of the molecule is CC(C)c1cc(F)c(F)c(F)c1.CC(C)c1cc(F)cc(Cl)c1.CC(C)c1ccc(F)c(C(F)F)c1.CC(C)c1ccc(F)c(Cl)c1.CC(C)c1ccc(F)c(F)c1.CC(C)c1ccc(F)nc1.CC(C)c1ccnc(F)c1.Cc1cc(C(C)C)cc(F)c1F.Cc1cc(C(C)C)ccc1F.[C-]#[N+]c1cc(C(C)C)ccc1F. The lowest BCUT2D eigenvalue weighted by atomic mass is 10.0. The predicted molar refractivity (Wildman–Crippen MR) is 431 cm³/mol. The molecule has 3 nitrogen and oxygen atoms in total. The zero-order valence-corrected chi connectivity index (χ0v) is 69.7.